The zero-order valence-corrected chi connectivity index (χ0v) is 15.3. The van der Waals surface area contributed by atoms with Gasteiger partial charge >= 0.3 is 0 Å². The van der Waals surface area contributed by atoms with E-state index in [0.29, 0.717) is 0 Å². The molecule has 0 saturated heterocycles. The maximum atomic E-state index is 5.77. The summed E-state index contributed by atoms with van der Waals surface area (Å²) in [5, 5.41) is 3.34. The standard InChI is InChI=1S/C22H32N2/c1-3-4-5-6-7-8-9-20-17-19(12-15-22(20)24-2)16-18-10-13-21(23)14-11-18/h10-15,17,24H,3-9,16,23H2,1-2H3. The molecule has 0 fully saturated rings. The molecule has 3 N–H and O–H groups in total. The molecule has 0 aromatic heterocycles. The van der Waals surface area contributed by atoms with Crippen LogP contribution in [0.5, 0.6) is 0 Å². The van der Waals surface area contributed by atoms with Gasteiger partial charge in [-0.3, -0.25) is 0 Å². The molecule has 0 aliphatic rings. The predicted molar refractivity (Wildman–Crippen MR) is 107 cm³/mol. The summed E-state index contributed by atoms with van der Waals surface area (Å²) in [6.07, 6.45) is 10.2. The molecular formula is C22H32N2. The highest BCUT2D eigenvalue weighted by atomic mass is 14.8. The van der Waals surface area contributed by atoms with Crippen LogP contribution in [0.4, 0.5) is 11.4 Å². The maximum Gasteiger partial charge on any atom is 0.0370 e. The highest BCUT2D eigenvalue weighted by molar-refractivity contribution is 5.53. The van der Waals surface area contributed by atoms with Gasteiger partial charge in [-0.05, 0) is 54.2 Å². The normalized spacial score (nSPS) is 10.8. The first-order chi connectivity index (χ1) is 11.7. The van der Waals surface area contributed by atoms with Crippen molar-refractivity contribution in [2.75, 3.05) is 18.1 Å². The summed E-state index contributed by atoms with van der Waals surface area (Å²) in [4.78, 5) is 0. The van der Waals surface area contributed by atoms with E-state index >= 15 is 0 Å². The van der Waals surface area contributed by atoms with E-state index in [9.17, 15) is 0 Å². The molecule has 0 saturated carbocycles. The molecule has 0 radical (unpaired) electrons. The number of nitrogens with one attached hydrogen (secondary N) is 1. The summed E-state index contributed by atoms with van der Waals surface area (Å²) in [5.74, 6) is 0. The second-order valence-electron chi connectivity index (χ2n) is 6.68. The van der Waals surface area contributed by atoms with Gasteiger partial charge in [0.25, 0.3) is 0 Å². The number of anilines is 2. The van der Waals surface area contributed by atoms with Gasteiger partial charge in [0.2, 0.25) is 0 Å². The van der Waals surface area contributed by atoms with Gasteiger partial charge in [-0.25, -0.2) is 0 Å². The van der Waals surface area contributed by atoms with Crippen LogP contribution in [0.2, 0.25) is 0 Å². The fourth-order valence-electron chi connectivity index (χ4n) is 3.17. The van der Waals surface area contributed by atoms with E-state index in [1.165, 1.54) is 60.9 Å². The molecule has 2 rings (SSSR count). The smallest absolute Gasteiger partial charge is 0.0370 e. The average molecular weight is 325 g/mol. The Kier molecular flexibility index (Phi) is 7.67. The Hall–Kier alpha value is -1.96. The van der Waals surface area contributed by atoms with Crippen LogP contribution in [0.1, 0.15) is 62.1 Å². The number of aryl methyl sites for hydroxylation is 1. The average Bonchev–Trinajstić information content (AvgIpc) is 2.60. The monoisotopic (exact) mass is 324 g/mol. The van der Waals surface area contributed by atoms with Crippen LogP contribution in [0, 0.1) is 0 Å². The van der Waals surface area contributed by atoms with E-state index in [-0.39, 0.29) is 0 Å². The van der Waals surface area contributed by atoms with Crippen LogP contribution >= 0.6 is 0 Å². The summed E-state index contributed by atoms with van der Waals surface area (Å²) in [6.45, 7) is 2.27. The molecule has 0 bridgehead atoms. The van der Waals surface area contributed by atoms with Crippen LogP contribution in [-0.2, 0) is 12.8 Å². The molecule has 2 heteroatoms. The van der Waals surface area contributed by atoms with Gasteiger partial charge < -0.3 is 11.1 Å². The Morgan fingerprint density at radius 2 is 1.50 bits per heavy atom. The molecule has 130 valence electrons. The Balaban J connectivity index is 1.94. The van der Waals surface area contributed by atoms with Crippen LogP contribution in [0.15, 0.2) is 42.5 Å². The third-order valence-corrected chi connectivity index (χ3v) is 4.63. The van der Waals surface area contributed by atoms with Crippen molar-refractivity contribution >= 4 is 11.4 Å². The van der Waals surface area contributed by atoms with Crippen molar-refractivity contribution in [2.24, 2.45) is 0 Å². The number of nitrogen functional groups attached to an aromatic ring is 1. The van der Waals surface area contributed by atoms with E-state index in [4.69, 9.17) is 5.73 Å². The number of hydrogen-bond donors (Lipinski definition) is 2. The molecule has 0 unspecified atom stereocenters. The summed E-state index contributed by atoms with van der Waals surface area (Å²) in [7, 11) is 2.01. The fourth-order valence-corrected chi connectivity index (χ4v) is 3.17. The van der Waals surface area contributed by atoms with E-state index in [1.54, 1.807) is 0 Å². The molecule has 2 aromatic rings. The highest BCUT2D eigenvalue weighted by Crippen LogP contribution is 2.22. The number of hydrogen-bond acceptors (Lipinski definition) is 2. The van der Waals surface area contributed by atoms with E-state index in [1.807, 2.05) is 19.2 Å². The lowest BCUT2D eigenvalue weighted by molar-refractivity contribution is 0.607. The molecule has 0 amide bonds. The van der Waals surface area contributed by atoms with E-state index < -0.39 is 0 Å². The van der Waals surface area contributed by atoms with Gasteiger partial charge in [0.15, 0.2) is 0 Å². The Morgan fingerprint density at radius 1 is 0.833 bits per heavy atom. The Morgan fingerprint density at radius 3 is 2.21 bits per heavy atom. The Bertz CT molecular complexity index is 602. The second kappa shape index (κ2) is 10.0. The zero-order valence-electron chi connectivity index (χ0n) is 15.3. The lowest BCUT2D eigenvalue weighted by Gasteiger charge is -2.12. The predicted octanol–water partition coefficient (Wildman–Crippen LogP) is 5.80. The lowest BCUT2D eigenvalue weighted by atomic mass is 9.98. The van der Waals surface area contributed by atoms with Gasteiger partial charge in [0, 0.05) is 18.4 Å². The third-order valence-electron chi connectivity index (χ3n) is 4.63. The molecule has 24 heavy (non-hydrogen) atoms. The molecule has 0 aliphatic carbocycles. The number of nitrogens with two attached hydrogens (primary N) is 1. The molecular weight excluding hydrogens is 292 g/mol. The van der Waals surface area contributed by atoms with E-state index in [0.717, 1.165) is 18.5 Å². The summed E-state index contributed by atoms with van der Waals surface area (Å²) in [6, 6.07) is 15.0. The summed E-state index contributed by atoms with van der Waals surface area (Å²) >= 11 is 0. The second-order valence-corrected chi connectivity index (χ2v) is 6.68. The van der Waals surface area contributed by atoms with Crippen LogP contribution < -0.4 is 11.1 Å². The van der Waals surface area contributed by atoms with Gasteiger partial charge in [-0.15, -0.1) is 0 Å². The van der Waals surface area contributed by atoms with Crippen LogP contribution in [-0.4, -0.2) is 7.05 Å². The van der Waals surface area contributed by atoms with Crippen molar-refractivity contribution < 1.29 is 0 Å². The van der Waals surface area contributed by atoms with Gasteiger partial charge in [0.05, 0.1) is 0 Å². The number of unbranched alkanes of at least 4 members (excludes halogenated alkanes) is 5. The SMILES string of the molecule is CCCCCCCCc1cc(Cc2ccc(N)cc2)ccc1NC. The number of benzene rings is 2. The van der Waals surface area contributed by atoms with Crippen LogP contribution in [0.25, 0.3) is 0 Å². The minimum atomic E-state index is 0.827. The van der Waals surface area contributed by atoms with Crippen molar-refractivity contribution in [2.45, 2.75) is 58.3 Å². The van der Waals surface area contributed by atoms with Crippen molar-refractivity contribution in [3.05, 3.63) is 59.2 Å². The molecule has 0 heterocycles. The third kappa shape index (κ3) is 5.92. The van der Waals surface area contributed by atoms with Crippen molar-refractivity contribution in [1.82, 2.24) is 0 Å². The Labute approximate surface area is 147 Å². The molecule has 0 aliphatic heterocycles. The van der Waals surface area contributed by atoms with E-state index in [2.05, 4.69) is 42.6 Å². The first-order valence-corrected chi connectivity index (χ1v) is 9.37. The van der Waals surface area contributed by atoms with Crippen molar-refractivity contribution in [3.8, 4) is 0 Å². The zero-order chi connectivity index (χ0) is 17.2. The largest absolute Gasteiger partial charge is 0.399 e. The minimum absolute atomic E-state index is 0.827. The van der Waals surface area contributed by atoms with Crippen LogP contribution in [0.3, 0.4) is 0 Å². The van der Waals surface area contributed by atoms with Crippen molar-refractivity contribution in [1.29, 1.82) is 0 Å². The summed E-state index contributed by atoms with van der Waals surface area (Å²) < 4.78 is 0. The molecule has 2 nitrogen and oxygen atoms in total. The molecule has 0 atom stereocenters. The fraction of sp³-hybridized carbons (Fsp3) is 0.455. The summed E-state index contributed by atoms with van der Waals surface area (Å²) in [5.41, 5.74) is 12.0. The first kappa shape index (κ1) is 18.4. The topological polar surface area (TPSA) is 38.0 Å². The lowest BCUT2D eigenvalue weighted by Crippen LogP contribution is -1.98. The van der Waals surface area contributed by atoms with Crippen molar-refractivity contribution in [3.63, 3.8) is 0 Å². The molecule has 2 aromatic carbocycles. The quantitative estimate of drug-likeness (QED) is 0.428. The number of rotatable bonds is 10. The van der Waals surface area contributed by atoms with Gasteiger partial charge in [-0.1, -0.05) is 63.3 Å². The maximum absolute atomic E-state index is 5.77. The van der Waals surface area contributed by atoms with Gasteiger partial charge in [0.1, 0.15) is 0 Å². The van der Waals surface area contributed by atoms with Gasteiger partial charge in [-0.2, -0.15) is 0 Å². The molecule has 0 spiro atoms. The first-order valence-electron chi connectivity index (χ1n) is 9.37. The highest BCUT2D eigenvalue weighted by Gasteiger charge is 2.04. The minimum Gasteiger partial charge on any atom is -0.399 e.